The maximum Gasteiger partial charge on any atom is 0.284 e. The van der Waals surface area contributed by atoms with Crippen LogP contribution in [-0.2, 0) is 4.79 Å². The van der Waals surface area contributed by atoms with Crippen LogP contribution in [0.3, 0.4) is 0 Å². The van der Waals surface area contributed by atoms with Crippen molar-refractivity contribution in [1.29, 1.82) is 0 Å². The van der Waals surface area contributed by atoms with Crippen molar-refractivity contribution in [2.75, 3.05) is 37.9 Å². The lowest BCUT2D eigenvalue weighted by Gasteiger charge is -2.17. The van der Waals surface area contributed by atoms with Gasteiger partial charge in [0.05, 0.1) is 30.6 Å². The molecule has 0 bridgehead atoms. The lowest BCUT2D eigenvalue weighted by atomic mass is 10.1. The van der Waals surface area contributed by atoms with Crippen LogP contribution in [0, 0.1) is 6.92 Å². The molecule has 232 valence electrons. The molecule has 12 nitrogen and oxygen atoms in total. The van der Waals surface area contributed by atoms with Crippen LogP contribution in [0.1, 0.15) is 25.3 Å². The van der Waals surface area contributed by atoms with Gasteiger partial charge in [-0.3, -0.25) is 9.69 Å². The number of amides is 1. The van der Waals surface area contributed by atoms with Crippen LogP contribution < -0.4 is 24.8 Å². The van der Waals surface area contributed by atoms with Gasteiger partial charge in [0, 0.05) is 35.8 Å². The third-order valence-electron chi connectivity index (χ3n) is 7.65. The molecule has 1 atom stereocenters. The minimum absolute atomic E-state index is 0.115. The van der Waals surface area contributed by atoms with E-state index in [-0.39, 0.29) is 6.04 Å². The number of methoxy groups -OCH3 is 1. The van der Waals surface area contributed by atoms with Crippen LogP contribution in [0.2, 0.25) is 0 Å². The molecule has 2 aromatic carbocycles. The first-order valence-electron chi connectivity index (χ1n) is 14.6. The molecule has 1 aliphatic rings. The summed E-state index contributed by atoms with van der Waals surface area (Å²) in [6.07, 6.45) is 7.81. The molecule has 0 saturated carbocycles. The number of hydrogen-bond donors (Lipinski definition) is 2. The highest BCUT2D eigenvalue weighted by atomic mass is 19.1. The number of ether oxygens (including phenoxy) is 3. The fourth-order valence-electron chi connectivity index (χ4n) is 5.29. The van der Waals surface area contributed by atoms with Crippen molar-refractivity contribution in [3.05, 3.63) is 72.7 Å². The molecule has 1 aliphatic heterocycles. The van der Waals surface area contributed by atoms with E-state index in [1.807, 2.05) is 31.9 Å². The molecular weight excluding hydrogens is 579 g/mol. The number of likely N-dealkylation sites (N-methyl/N-ethyl adjacent to an activating group) is 1. The molecule has 1 saturated heterocycles. The topological polar surface area (TPSA) is 128 Å². The summed E-state index contributed by atoms with van der Waals surface area (Å²) in [5, 5.41) is 10.7. The Kier molecular flexibility index (Phi) is 8.43. The highest BCUT2D eigenvalue weighted by molar-refractivity contribution is 6.05. The molecule has 6 rings (SSSR count). The van der Waals surface area contributed by atoms with Crippen LogP contribution in [-0.4, -0.2) is 68.7 Å². The van der Waals surface area contributed by atoms with E-state index >= 15 is 0 Å². The molecule has 45 heavy (non-hydrogen) atoms. The minimum Gasteiger partial charge on any atom is -0.494 e. The van der Waals surface area contributed by atoms with E-state index in [0.717, 1.165) is 24.9 Å². The van der Waals surface area contributed by atoms with Gasteiger partial charge < -0.3 is 24.8 Å². The first-order chi connectivity index (χ1) is 21.8. The van der Waals surface area contributed by atoms with E-state index in [0.29, 0.717) is 63.3 Å². The van der Waals surface area contributed by atoms with Gasteiger partial charge in [-0.1, -0.05) is 0 Å². The number of fused-ring (bicyclic) bond motifs is 2. The molecule has 1 unspecified atom stereocenters. The second-order valence-electron chi connectivity index (χ2n) is 10.7. The summed E-state index contributed by atoms with van der Waals surface area (Å²) in [5.74, 6) is 0.831. The van der Waals surface area contributed by atoms with E-state index in [1.165, 1.54) is 18.7 Å². The Hall–Kier alpha value is -5.30. The first kappa shape index (κ1) is 29.8. The monoisotopic (exact) mass is 612 g/mol. The third kappa shape index (κ3) is 6.34. The number of benzene rings is 2. The summed E-state index contributed by atoms with van der Waals surface area (Å²) < 4.78 is 34.2. The number of likely N-dealkylation sites (tertiary alicyclic amines) is 1. The molecule has 1 fully saturated rings. The lowest BCUT2D eigenvalue weighted by molar-refractivity contribution is -0.114. The third-order valence-corrected chi connectivity index (χ3v) is 7.65. The van der Waals surface area contributed by atoms with Gasteiger partial charge in [-0.2, -0.15) is 5.10 Å². The fourth-order valence-corrected chi connectivity index (χ4v) is 5.29. The predicted octanol–water partition coefficient (Wildman–Crippen LogP) is 5.81. The Bertz CT molecular complexity index is 1910. The summed E-state index contributed by atoms with van der Waals surface area (Å²) in [6.45, 7) is 4.95. The summed E-state index contributed by atoms with van der Waals surface area (Å²) in [5.41, 5.74) is 2.99. The molecular formula is C32H33FN8O4. The van der Waals surface area contributed by atoms with E-state index in [9.17, 15) is 9.18 Å². The second-order valence-corrected chi connectivity index (χ2v) is 10.7. The Labute approximate surface area is 258 Å². The van der Waals surface area contributed by atoms with Crippen molar-refractivity contribution in [3.8, 4) is 23.0 Å². The SMILES string of the molecule is CCOc1cc2ncnc(Nc3cc(C)c(Oc4ccn5ncnc5c4)cc3OC)c2cc1NC(=O)C(F)=CC1CCCN1C. The number of anilines is 3. The number of carbonyl (C=O) groups excluding carboxylic acids is 1. The number of nitrogens with one attached hydrogen (secondary N) is 2. The number of aromatic nitrogens is 5. The second kappa shape index (κ2) is 12.7. The lowest BCUT2D eigenvalue weighted by Crippen LogP contribution is -2.24. The fraction of sp³-hybridized carbons (Fsp3) is 0.281. The summed E-state index contributed by atoms with van der Waals surface area (Å²) >= 11 is 0. The molecule has 2 N–H and O–H groups in total. The number of halogens is 1. The number of hydrogen-bond acceptors (Lipinski definition) is 10. The molecule has 1 amide bonds. The zero-order chi connectivity index (χ0) is 31.5. The van der Waals surface area contributed by atoms with Gasteiger partial charge in [-0.05, 0) is 70.1 Å². The van der Waals surface area contributed by atoms with Crippen LogP contribution in [0.15, 0.2) is 67.2 Å². The standard InChI is InChI=1S/C32H33FN8O4/c1-5-44-29-15-24-22(14-26(29)39-32(42)23(33)12-20-7-6-9-40(20)3)31(36-17-34-24)38-25-11-19(2)27(16-28(25)43-4)45-21-8-10-41-30(13-21)35-18-37-41/h8,10-18,20H,5-7,9H2,1-4H3,(H,39,42)(H,34,36,38). The van der Waals surface area contributed by atoms with E-state index in [2.05, 4.69) is 30.7 Å². The van der Waals surface area contributed by atoms with E-state index < -0.39 is 11.7 Å². The summed E-state index contributed by atoms with van der Waals surface area (Å²) in [6, 6.07) is 10.5. The highest BCUT2D eigenvalue weighted by Gasteiger charge is 2.23. The molecule has 0 spiro atoms. The smallest absolute Gasteiger partial charge is 0.284 e. The predicted molar refractivity (Wildman–Crippen MR) is 168 cm³/mol. The molecule has 3 aromatic heterocycles. The average molecular weight is 613 g/mol. The van der Waals surface area contributed by atoms with E-state index in [4.69, 9.17) is 14.2 Å². The van der Waals surface area contributed by atoms with Crippen molar-refractivity contribution in [2.45, 2.75) is 32.7 Å². The quantitative estimate of drug-likeness (QED) is 0.187. The van der Waals surface area contributed by atoms with Gasteiger partial charge in [-0.15, -0.1) is 0 Å². The zero-order valence-corrected chi connectivity index (χ0v) is 25.4. The van der Waals surface area contributed by atoms with Crippen molar-refractivity contribution >= 4 is 39.6 Å². The van der Waals surface area contributed by atoms with Gasteiger partial charge >= 0.3 is 0 Å². The molecule has 0 radical (unpaired) electrons. The Balaban J connectivity index is 1.29. The van der Waals surface area contributed by atoms with E-state index in [1.54, 1.807) is 48.2 Å². The van der Waals surface area contributed by atoms with Crippen LogP contribution in [0.25, 0.3) is 16.6 Å². The normalized spacial score (nSPS) is 15.4. The minimum atomic E-state index is -0.849. The van der Waals surface area contributed by atoms with Crippen molar-refractivity contribution in [1.82, 2.24) is 29.5 Å². The molecule has 13 heteroatoms. The maximum absolute atomic E-state index is 15.0. The Morgan fingerprint density at radius 1 is 1.09 bits per heavy atom. The van der Waals surface area contributed by atoms with Gasteiger partial charge in [0.25, 0.3) is 5.91 Å². The summed E-state index contributed by atoms with van der Waals surface area (Å²) in [7, 11) is 3.48. The number of pyridine rings is 1. The number of aryl methyl sites for hydroxylation is 1. The van der Waals surface area contributed by atoms with Crippen molar-refractivity contribution < 1.29 is 23.4 Å². The first-order valence-corrected chi connectivity index (χ1v) is 14.6. The summed E-state index contributed by atoms with van der Waals surface area (Å²) in [4.78, 5) is 28.0. The van der Waals surface area contributed by atoms with Gasteiger partial charge in [0.2, 0.25) is 0 Å². The number of carbonyl (C=O) groups is 1. The number of rotatable bonds is 10. The van der Waals surface area contributed by atoms with Gasteiger partial charge in [0.15, 0.2) is 11.5 Å². The Morgan fingerprint density at radius 2 is 1.96 bits per heavy atom. The molecule has 0 aliphatic carbocycles. The van der Waals surface area contributed by atoms with Crippen molar-refractivity contribution in [3.63, 3.8) is 0 Å². The average Bonchev–Trinajstić information content (AvgIpc) is 3.67. The molecule has 5 aromatic rings. The maximum atomic E-state index is 15.0. The number of nitrogens with zero attached hydrogens (tertiary/aromatic N) is 6. The van der Waals surface area contributed by atoms with Gasteiger partial charge in [0.1, 0.15) is 41.5 Å². The van der Waals surface area contributed by atoms with Crippen LogP contribution in [0.4, 0.5) is 21.6 Å². The van der Waals surface area contributed by atoms with Crippen LogP contribution in [0.5, 0.6) is 23.0 Å². The van der Waals surface area contributed by atoms with Gasteiger partial charge in [-0.25, -0.2) is 23.9 Å². The largest absolute Gasteiger partial charge is 0.494 e. The highest BCUT2D eigenvalue weighted by Crippen LogP contribution is 2.39. The van der Waals surface area contributed by atoms with Crippen LogP contribution >= 0.6 is 0 Å². The molecule has 4 heterocycles. The van der Waals surface area contributed by atoms with Crippen molar-refractivity contribution in [2.24, 2.45) is 0 Å². The zero-order valence-electron chi connectivity index (χ0n) is 25.4. The Morgan fingerprint density at radius 3 is 2.73 bits per heavy atom.